The van der Waals surface area contributed by atoms with Gasteiger partial charge in [0.05, 0.1) is 30.1 Å². The molecule has 0 amide bonds. The van der Waals surface area contributed by atoms with Crippen molar-refractivity contribution in [2.45, 2.75) is 69.5 Å². The quantitative estimate of drug-likeness (QED) is 0.555. The van der Waals surface area contributed by atoms with Gasteiger partial charge in [0.15, 0.2) is 0 Å². The van der Waals surface area contributed by atoms with Crippen molar-refractivity contribution >= 4 is 6.72 Å². The molecule has 0 aromatic heterocycles. The van der Waals surface area contributed by atoms with Gasteiger partial charge in [0.2, 0.25) is 0 Å². The van der Waals surface area contributed by atoms with Gasteiger partial charge < -0.3 is 0 Å². The standard InChI is InChI=1S/C14H22N4/c1-16-13-8-4-5-9-14(13)18-17-12-7-3-2-6-11(12)10-15/h11-14H,1-9H2. The Kier molecular flexibility index (Phi) is 4.86. The Morgan fingerprint density at radius 3 is 2.06 bits per heavy atom. The fraction of sp³-hybridized carbons (Fsp3) is 0.857. The summed E-state index contributed by atoms with van der Waals surface area (Å²) in [5.74, 6) is 0.0706. The predicted molar refractivity (Wildman–Crippen MR) is 71.8 cm³/mol. The molecule has 0 aliphatic heterocycles. The second kappa shape index (κ2) is 6.63. The van der Waals surface area contributed by atoms with Crippen LogP contribution in [0.2, 0.25) is 0 Å². The number of aliphatic imine (C=N–C) groups is 1. The first-order valence-corrected chi connectivity index (χ1v) is 7.10. The zero-order valence-corrected chi connectivity index (χ0v) is 11.0. The van der Waals surface area contributed by atoms with Gasteiger partial charge in [-0.3, -0.25) is 4.99 Å². The number of nitriles is 1. The van der Waals surface area contributed by atoms with Crippen molar-refractivity contribution in [1.82, 2.24) is 0 Å². The second-order valence-corrected chi connectivity index (χ2v) is 5.42. The maximum atomic E-state index is 9.12. The zero-order valence-electron chi connectivity index (χ0n) is 11.0. The molecule has 2 saturated carbocycles. The lowest BCUT2D eigenvalue weighted by molar-refractivity contribution is 0.332. The molecule has 2 aliphatic carbocycles. The second-order valence-electron chi connectivity index (χ2n) is 5.42. The van der Waals surface area contributed by atoms with E-state index in [0.29, 0.717) is 0 Å². The zero-order chi connectivity index (χ0) is 12.8. The van der Waals surface area contributed by atoms with Crippen LogP contribution in [0.5, 0.6) is 0 Å². The summed E-state index contributed by atoms with van der Waals surface area (Å²) < 4.78 is 0. The van der Waals surface area contributed by atoms with E-state index < -0.39 is 0 Å². The monoisotopic (exact) mass is 246 g/mol. The summed E-state index contributed by atoms with van der Waals surface area (Å²) in [4.78, 5) is 4.16. The molecule has 4 atom stereocenters. The number of azo groups is 1. The van der Waals surface area contributed by atoms with E-state index in [4.69, 9.17) is 5.26 Å². The molecule has 0 spiro atoms. The smallest absolute Gasteiger partial charge is 0.0930 e. The van der Waals surface area contributed by atoms with E-state index in [1.807, 2.05) is 0 Å². The van der Waals surface area contributed by atoms with Crippen molar-refractivity contribution in [3.05, 3.63) is 0 Å². The van der Waals surface area contributed by atoms with E-state index in [-0.39, 0.29) is 24.0 Å². The Morgan fingerprint density at radius 2 is 1.39 bits per heavy atom. The van der Waals surface area contributed by atoms with Crippen molar-refractivity contribution < 1.29 is 0 Å². The summed E-state index contributed by atoms with van der Waals surface area (Å²) >= 11 is 0. The minimum Gasteiger partial charge on any atom is -0.295 e. The Balaban J connectivity index is 1.95. The Labute approximate surface area is 109 Å². The molecular formula is C14H22N4. The van der Waals surface area contributed by atoms with E-state index in [0.717, 1.165) is 32.1 Å². The van der Waals surface area contributed by atoms with Gasteiger partial charge in [-0.25, -0.2) is 0 Å². The third-order valence-electron chi connectivity index (χ3n) is 4.19. The van der Waals surface area contributed by atoms with Crippen molar-refractivity contribution in [2.75, 3.05) is 0 Å². The average Bonchev–Trinajstić information content (AvgIpc) is 2.45. The topological polar surface area (TPSA) is 60.9 Å². The van der Waals surface area contributed by atoms with Crippen molar-refractivity contribution in [3.8, 4) is 6.07 Å². The van der Waals surface area contributed by atoms with Crippen LogP contribution in [0.25, 0.3) is 0 Å². The highest BCUT2D eigenvalue weighted by atomic mass is 15.2. The number of rotatable bonds is 3. The highest BCUT2D eigenvalue weighted by molar-refractivity contribution is 5.24. The number of nitrogens with zero attached hydrogens (tertiary/aromatic N) is 4. The molecule has 2 aliphatic rings. The summed E-state index contributed by atoms with van der Waals surface area (Å²) in [7, 11) is 0. The lowest BCUT2D eigenvalue weighted by Crippen LogP contribution is -2.27. The Hall–Kier alpha value is -1.24. The van der Waals surface area contributed by atoms with E-state index >= 15 is 0 Å². The molecule has 2 rings (SSSR count). The summed E-state index contributed by atoms with van der Waals surface area (Å²) in [6, 6.07) is 2.95. The van der Waals surface area contributed by atoms with E-state index in [9.17, 15) is 0 Å². The van der Waals surface area contributed by atoms with Gasteiger partial charge in [-0.05, 0) is 32.4 Å². The van der Waals surface area contributed by atoms with Crippen LogP contribution in [0.15, 0.2) is 15.2 Å². The highest BCUT2D eigenvalue weighted by Gasteiger charge is 2.27. The molecule has 0 saturated heterocycles. The van der Waals surface area contributed by atoms with Crippen LogP contribution in [-0.4, -0.2) is 24.8 Å². The minimum absolute atomic E-state index is 0.0706. The summed E-state index contributed by atoms with van der Waals surface area (Å²) in [6.45, 7) is 3.66. The Bertz CT molecular complexity index is 344. The molecule has 4 nitrogen and oxygen atoms in total. The molecule has 98 valence electrons. The molecule has 4 unspecified atom stereocenters. The van der Waals surface area contributed by atoms with Gasteiger partial charge in [0.1, 0.15) is 0 Å². The fourth-order valence-electron chi connectivity index (χ4n) is 3.01. The predicted octanol–water partition coefficient (Wildman–Crippen LogP) is 3.53. The van der Waals surface area contributed by atoms with Gasteiger partial charge in [-0.15, -0.1) is 0 Å². The van der Waals surface area contributed by atoms with Crippen LogP contribution in [0, 0.1) is 17.2 Å². The molecule has 0 radical (unpaired) electrons. The van der Waals surface area contributed by atoms with Gasteiger partial charge in [-0.2, -0.15) is 15.5 Å². The molecular weight excluding hydrogens is 224 g/mol. The van der Waals surface area contributed by atoms with Crippen LogP contribution in [0.1, 0.15) is 51.4 Å². The summed E-state index contributed by atoms with van der Waals surface area (Å²) in [5.41, 5.74) is 0. The van der Waals surface area contributed by atoms with Crippen LogP contribution in [-0.2, 0) is 0 Å². The van der Waals surface area contributed by atoms with Crippen molar-refractivity contribution in [2.24, 2.45) is 21.1 Å². The van der Waals surface area contributed by atoms with Crippen LogP contribution in [0.4, 0.5) is 0 Å². The van der Waals surface area contributed by atoms with Crippen LogP contribution >= 0.6 is 0 Å². The Morgan fingerprint density at radius 1 is 0.833 bits per heavy atom. The number of hydrogen-bond donors (Lipinski definition) is 0. The normalized spacial score (nSPS) is 37.3. The van der Waals surface area contributed by atoms with Crippen LogP contribution in [0.3, 0.4) is 0 Å². The third-order valence-corrected chi connectivity index (χ3v) is 4.19. The minimum atomic E-state index is 0.0706. The average molecular weight is 246 g/mol. The van der Waals surface area contributed by atoms with Gasteiger partial charge >= 0.3 is 0 Å². The largest absolute Gasteiger partial charge is 0.295 e. The molecule has 0 bridgehead atoms. The van der Waals surface area contributed by atoms with E-state index in [1.165, 1.54) is 19.3 Å². The van der Waals surface area contributed by atoms with E-state index in [1.54, 1.807) is 0 Å². The molecule has 0 aromatic rings. The lowest BCUT2D eigenvalue weighted by atomic mass is 9.86. The lowest BCUT2D eigenvalue weighted by Gasteiger charge is -2.26. The maximum Gasteiger partial charge on any atom is 0.0930 e. The first kappa shape index (κ1) is 13.2. The first-order valence-electron chi connectivity index (χ1n) is 7.10. The highest BCUT2D eigenvalue weighted by Crippen LogP contribution is 2.28. The van der Waals surface area contributed by atoms with Crippen LogP contribution < -0.4 is 0 Å². The third kappa shape index (κ3) is 3.16. The summed E-state index contributed by atoms with van der Waals surface area (Å²) in [6.07, 6.45) is 8.91. The molecule has 0 heterocycles. The summed E-state index contributed by atoms with van der Waals surface area (Å²) in [5, 5.41) is 18.1. The van der Waals surface area contributed by atoms with Crippen molar-refractivity contribution in [1.29, 1.82) is 5.26 Å². The molecule has 2 fully saturated rings. The van der Waals surface area contributed by atoms with Gasteiger partial charge in [-0.1, -0.05) is 25.7 Å². The first-order chi connectivity index (χ1) is 8.85. The van der Waals surface area contributed by atoms with Crippen molar-refractivity contribution in [3.63, 3.8) is 0 Å². The molecule has 4 heteroatoms. The van der Waals surface area contributed by atoms with E-state index in [2.05, 4.69) is 28.0 Å². The van der Waals surface area contributed by atoms with Gasteiger partial charge in [0, 0.05) is 0 Å². The van der Waals surface area contributed by atoms with Gasteiger partial charge in [0.25, 0.3) is 0 Å². The SMILES string of the molecule is C=NC1CCCCC1N=NC1CCCCC1C#N. The molecule has 0 aromatic carbocycles. The maximum absolute atomic E-state index is 9.12. The fourth-order valence-corrected chi connectivity index (χ4v) is 3.01. The number of hydrogen-bond acceptors (Lipinski definition) is 4. The molecule has 0 N–H and O–H groups in total. The molecule has 18 heavy (non-hydrogen) atoms.